The Kier molecular flexibility index (Phi) is 9.56. The van der Waals surface area contributed by atoms with E-state index in [1.165, 1.54) is 6.34 Å². The van der Waals surface area contributed by atoms with E-state index in [1.54, 1.807) is 31.3 Å². The van der Waals surface area contributed by atoms with E-state index < -0.39 is 12.1 Å². The number of aliphatic hydroxyl groups excluding tert-OH is 1. The van der Waals surface area contributed by atoms with E-state index in [0.29, 0.717) is 30.9 Å². The summed E-state index contributed by atoms with van der Waals surface area (Å²) >= 11 is 0. The zero-order valence-electron chi connectivity index (χ0n) is 13.5. The van der Waals surface area contributed by atoms with E-state index in [4.69, 9.17) is 10.00 Å². The summed E-state index contributed by atoms with van der Waals surface area (Å²) in [5.41, 5.74) is 5.55. The van der Waals surface area contributed by atoms with Crippen LogP contribution in [0.25, 0.3) is 0 Å². The van der Waals surface area contributed by atoms with E-state index in [9.17, 15) is 9.90 Å². The Balaban J connectivity index is 2.09. The lowest BCUT2D eigenvalue weighted by Gasteiger charge is -2.14. The molecule has 9 heteroatoms. The number of carbonyl (C=O) groups excluding carboxylic acids is 1. The molecule has 0 saturated carbocycles. The van der Waals surface area contributed by atoms with Crippen LogP contribution < -0.4 is 26.2 Å². The maximum atomic E-state index is 11.1. The maximum absolute atomic E-state index is 11.1. The fraction of sp³-hybridized carbons (Fsp3) is 0.400. The number of aliphatic hydroxyl groups is 1. The van der Waals surface area contributed by atoms with E-state index in [1.807, 2.05) is 6.07 Å². The highest BCUT2D eigenvalue weighted by molar-refractivity contribution is 5.85. The van der Waals surface area contributed by atoms with Gasteiger partial charge in [-0.15, -0.1) is 0 Å². The van der Waals surface area contributed by atoms with E-state index >= 15 is 0 Å². The first kappa shape index (κ1) is 19.4. The van der Waals surface area contributed by atoms with Crippen LogP contribution >= 0.6 is 0 Å². The fourth-order valence-electron chi connectivity index (χ4n) is 1.65. The van der Waals surface area contributed by atoms with Crippen LogP contribution in [0.2, 0.25) is 0 Å². The third kappa shape index (κ3) is 8.09. The van der Waals surface area contributed by atoms with Gasteiger partial charge in [0.15, 0.2) is 0 Å². The highest BCUT2D eigenvalue weighted by atomic mass is 16.5. The number of hydrazine groups is 1. The quantitative estimate of drug-likeness (QED) is 0.167. The summed E-state index contributed by atoms with van der Waals surface area (Å²) < 4.78 is 5.43. The minimum Gasteiger partial charge on any atom is -0.489 e. The molecule has 0 aliphatic rings. The Morgan fingerprint density at radius 3 is 3.00 bits per heavy atom. The average molecular weight is 334 g/mol. The van der Waals surface area contributed by atoms with E-state index in [0.717, 1.165) is 0 Å². The summed E-state index contributed by atoms with van der Waals surface area (Å²) in [4.78, 5) is 14.7. The topological polar surface area (TPSA) is 131 Å². The molecule has 0 heterocycles. The van der Waals surface area contributed by atoms with Gasteiger partial charge in [-0.1, -0.05) is 12.1 Å². The zero-order chi connectivity index (χ0) is 17.6. The van der Waals surface area contributed by atoms with Gasteiger partial charge in [-0.25, -0.2) is 10.2 Å². The van der Waals surface area contributed by atoms with Crippen molar-refractivity contribution in [1.82, 2.24) is 21.5 Å². The van der Waals surface area contributed by atoms with Crippen molar-refractivity contribution in [3.05, 3.63) is 29.8 Å². The second-order valence-corrected chi connectivity index (χ2v) is 4.69. The molecule has 5 N–H and O–H groups in total. The third-order valence-corrected chi connectivity index (χ3v) is 2.77. The van der Waals surface area contributed by atoms with Crippen LogP contribution in [0.5, 0.6) is 5.75 Å². The molecular formula is C15H22N6O3. The molecular weight excluding hydrogens is 312 g/mol. The highest BCUT2D eigenvalue weighted by Gasteiger charge is 2.07. The maximum Gasteiger partial charge on any atom is 0.334 e. The van der Waals surface area contributed by atoms with Gasteiger partial charge in [-0.3, -0.25) is 15.7 Å². The lowest BCUT2D eigenvalue weighted by Crippen LogP contribution is -2.46. The second kappa shape index (κ2) is 11.8. The Labute approximate surface area is 140 Å². The van der Waals surface area contributed by atoms with Crippen LogP contribution in [0.1, 0.15) is 5.56 Å². The molecule has 0 aromatic heterocycles. The van der Waals surface area contributed by atoms with Crippen LogP contribution in [-0.2, 0) is 0 Å². The Bertz CT molecular complexity index is 573. The molecule has 0 spiro atoms. The molecule has 0 aliphatic carbocycles. The monoisotopic (exact) mass is 334 g/mol. The Morgan fingerprint density at radius 1 is 1.46 bits per heavy atom. The first-order valence-electron chi connectivity index (χ1n) is 7.38. The van der Waals surface area contributed by atoms with Crippen molar-refractivity contribution in [3.8, 4) is 11.8 Å². The molecule has 1 aromatic carbocycles. The SMILES string of the molecule is CN=CNC(=O)NNCCNCC(O)COc1ccccc1C#N. The number of para-hydroxylation sites is 1. The number of benzene rings is 1. The van der Waals surface area contributed by atoms with Gasteiger partial charge in [0.05, 0.1) is 11.9 Å². The highest BCUT2D eigenvalue weighted by Crippen LogP contribution is 2.16. The number of nitrogens with zero attached hydrogens (tertiary/aromatic N) is 2. The van der Waals surface area contributed by atoms with Gasteiger partial charge in [0, 0.05) is 26.7 Å². The van der Waals surface area contributed by atoms with Gasteiger partial charge in [-0.05, 0) is 12.1 Å². The molecule has 1 atom stereocenters. The molecule has 9 nitrogen and oxygen atoms in total. The molecule has 0 radical (unpaired) electrons. The zero-order valence-corrected chi connectivity index (χ0v) is 13.5. The van der Waals surface area contributed by atoms with Crippen LogP contribution in [0.4, 0.5) is 4.79 Å². The standard InChI is InChI=1S/C15H22N6O3/c1-17-11-19-15(23)21-20-7-6-18-9-13(22)10-24-14-5-3-2-4-12(14)8-16/h2-5,11,13,18,20,22H,6-7,9-10H2,1H3,(H2,17,19,21,23). The van der Waals surface area contributed by atoms with Crippen molar-refractivity contribution in [2.45, 2.75) is 6.10 Å². The largest absolute Gasteiger partial charge is 0.489 e. The molecule has 24 heavy (non-hydrogen) atoms. The molecule has 0 fully saturated rings. The third-order valence-electron chi connectivity index (χ3n) is 2.77. The van der Waals surface area contributed by atoms with Crippen molar-refractivity contribution >= 4 is 12.4 Å². The molecule has 1 rings (SSSR count). The van der Waals surface area contributed by atoms with Crippen LogP contribution in [0, 0.1) is 11.3 Å². The molecule has 0 bridgehead atoms. The van der Waals surface area contributed by atoms with Crippen LogP contribution in [0.15, 0.2) is 29.3 Å². The van der Waals surface area contributed by atoms with Crippen LogP contribution in [-0.4, -0.2) is 56.9 Å². The van der Waals surface area contributed by atoms with Crippen molar-refractivity contribution < 1.29 is 14.6 Å². The predicted molar refractivity (Wildman–Crippen MR) is 89.6 cm³/mol. The van der Waals surface area contributed by atoms with E-state index in [-0.39, 0.29) is 6.61 Å². The van der Waals surface area contributed by atoms with Gasteiger partial charge in [-0.2, -0.15) is 5.26 Å². The number of nitriles is 1. The Hall–Kier alpha value is -2.67. The normalized spacial score (nSPS) is 11.7. The first-order valence-corrected chi connectivity index (χ1v) is 7.38. The second-order valence-electron chi connectivity index (χ2n) is 4.69. The number of ether oxygens (including phenoxy) is 1. The summed E-state index contributed by atoms with van der Waals surface area (Å²) in [5.74, 6) is 0.451. The molecule has 1 unspecified atom stereocenters. The number of hydrogen-bond acceptors (Lipinski definition) is 7. The van der Waals surface area contributed by atoms with Crippen molar-refractivity contribution in [1.29, 1.82) is 5.26 Å². The first-order chi connectivity index (χ1) is 11.7. The smallest absolute Gasteiger partial charge is 0.334 e. The summed E-state index contributed by atoms with van der Waals surface area (Å²) in [6.45, 7) is 1.41. The number of urea groups is 1. The van der Waals surface area contributed by atoms with Crippen molar-refractivity contribution in [2.75, 3.05) is 33.3 Å². The number of amides is 2. The summed E-state index contributed by atoms with van der Waals surface area (Å²) in [7, 11) is 1.55. The number of nitrogens with one attached hydrogen (secondary N) is 4. The molecule has 0 aliphatic heterocycles. The van der Waals surface area contributed by atoms with Crippen molar-refractivity contribution in [2.24, 2.45) is 4.99 Å². The van der Waals surface area contributed by atoms with Gasteiger partial charge in [0.2, 0.25) is 0 Å². The fourth-order valence-corrected chi connectivity index (χ4v) is 1.65. The van der Waals surface area contributed by atoms with Crippen LogP contribution in [0.3, 0.4) is 0 Å². The van der Waals surface area contributed by atoms with Gasteiger partial charge >= 0.3 is 6.03 Å². The molecule has 2 amide bonds. The van der Waals surface area contributed by atoms with Gasteiger partial charge in [0.25, 0.3) is 0 Å². The molecule has 130 valence electrons. The summed E-state index contributed by atoms with van der Waals surface area (Å²) in [6.07, 6.45) is 0.560. The molecule has 0 saturated heterocycles. The average Bonchev–Trinajstić information content (AvgIpc) is 2.61. The minimum atomic E-state index is -0.714. The van der Waals surface area contributed by atoms with Gasteiger partial charge < -0.3 is 15.2 Å². The summed E-state index contributed by atoms with van der Waals surface area (Å²) in [5, 5.41) is 24.2. The summed E-state index contributed by atoms with van der Waals surface area (Å²) in [6, 6.07) is 8.47. The molecule has 1 aromatic rings. The number of hydrogen-bond donors (Lipinski definition) is 5. The van der Waals surface area contributed by atoms with Crippen molar-refractivity contribution in [3.63, 3.8) is 0 Å². The number of aliphatic imine (C=N–C) groups is 1. The number of rotatable bonds is 10. The Morgan fingerprint density at radius 2 is 2.25 bits per heavy atom. The van der Waals surface area contributed by atoms with E-state index in [2.05, 4.69) is 26.5 Å². The minimum absolute atomic E-state index is 0.0795. The lowest BCUT2D eigenvalue weighted by molar-refractivity contribution is 0.106. The van der Waals surface area contributed by atoms with Gasteiger partial charge in [0.1, 0.15) is 24.5 Å². The predicted octanol–water partition coefficient (Wildman–Crippen LogP) is -0.651. The lowest BCUT2D eigenvalue weighted by atomic mass is 10.2. The number of carbonyl (C=O) groups is 1.